The molecule has 0 spiro atoms. The molecular weight excluding hydrogens is 259 g/mol. The maximum atomic E-state index is 11.2. The van der Waals surface area contributed by atoms with Gasteiger partial charge in [0.15, 0.2) is 5.75 Å². The second-order valence-electron chi connectivity index (χ2n) is 2.68. The van der Waals surface area contributed by atoms with Crippen LogP contribution in [0.1, 0.15) is 0 Å². The van der Waals surface area contributed by atoms with Crippen LogP contribution in [-0.4, -0.2) is 14.2 Å². The van der Waals surface area contributed by atoms with Crippen LogP contribution in [0.4, 0.5) is 5.69 Å². The number of benzene rings is 1. The third kappa shape index (κ3) is 3.96. The van der Waals surface area contributed by atoms with E-state index in [0.29, 0.717) is 10.0 Å². The van der Waals surface area contributed by atoms with Gasteiger partial charge < -0.3 is 0 Å². The van der Waals surface area contributed by atoms with Crippen LogP contribution in [0.5, 0.6) is 0 Å². The summed E-state index contributed by atoms with van der Waals surface area (Å²) >= 11 is 11.3. The van der Waals surface area contributed by atoms with Gasteiger partial charge in [-0.1, -0.05) is 23.2 Å². The molecule has 0 amide bonds. The van der Waals surface area contributed by atoms with Crippen LogP contribution in [0.25, 0.3) is 0 Å². The summed E-state index contributed by atoms with van der Waals surface area (Å²) in [6.07, 6.45) is 0. The van der Waals surface area contributed by atoms with Crippen LogP contribution in [0.2, 0.25) is 10.0 Å². The first-order valence-corrected chi connectivity index (χ1v) is 6.17. The molecule has 0 saturated heterocycles. The lowest BCUT2D eigenvalue weighted by atomic mass is 10.3. The number of halogens is 2. The lowest BCUT2D eigenvalue weighted by molar-refractivity contribution is 0.604. The second-order valence-corrected chi connectivity index (χ2v) is 5.27. The molecule has 0 saturated carbocycles. The number of nitriles is 1. The van der Waals surface area contributed by atoms with E-state index in [0.717, 1.165) is 0 Å². The van der Waals surface area contributed by atoms with E-state index < -0.39 is 15.8 Å². The molecule has 4 nitrogen and oxygen atoms in total. The van der Waals surface area contributed by atoms with Gasteiger partial charge in [0.1, 0.15) is 0 Å². The van der Waals surface area contributed by atoms with Crippen molar-refractivity contribution in [3.63, 3.8) is 0 Å². The first-order valence-electron chi connectivity index (χ1n) is 3.76. The van der Waals surface area contributed by atoms with Gasteiger partial charge in [-0.3, -0.25) is 4.72 Å². The zero-order valence-electron chi connectivity index (χ0n) is 7.37. The molecule has 1 aromatic carbocycles. The Labute approximate surface area is 97.5 Å². The monoisotopic (exact) mass is 264 g/mol. The van der Waals surface area contributed by atoms with Gasteiger partial charge in [0, 0.05) is 10.0 Å². The van der Waals surface area contributed by atoms with E-state index in [1.54, 1.807) is 6.07 Å². The van der Waals surface area contributed by atoms with Crippen LogP contribution >= 0.6 is 23.2 Å². The number of hydrogen-bond donors (Lipinski definition) is 1. The molecule has 0 fully saturated rings. The number of hydrogen-bond acceptors (Lipinski definition) is 3. The van der Waals surface area contributed by atoms with E-state index in [4.69, 9.17) is 28.5 Å². The molecule has 1 aromatic rings. The average Bonchev–Trinajstić information content (AvgIpc) is 1.99. The van der Waals surface area contributed by atoms with Gasteiger partial charge in [0.05, 0.1) is 11.8 Å². The summed E-state index contributed by atoms with van der Waals surface area (Å²) in [6.45, 7) is 0. The van der Waals surface area contributed by atoms with E-state index in [-0.39, 0.29) is 5.69 Å². The Kier molecular flexibility index (Phi) is 3.80. The van der Waals surface area contributed by atoms with E-state index in [2.05, 4.69) is 4.72 Å². The fraction of sp³-hybridized carbons (Fsp3) is 0.125. The Morgan fingerprint density at radius 1 is 1.27 bits per heavy atom. The highest BCUT2D eigenvalue weighted by Gasteiger charge is 2.10. The molecule has 1 rings (SSSR count). The summed E-state index contributed by atoms with van der Waals surface area (Å²) < 4.78 is 24.6. The van der Waals surface area contributed by atoms with Crippen LogP contribution in [-0.2, 0) is 10.0 Å². The van der Waals surface area contributed by atoms with Crippen molar-refractivity contribution in [3.8, 4) is 6.07 Å². The minimum atomic E-state index is -3.65. The van der Waals surface area contributed by atoms with Crippen molar-refractivity contribution in [3.05, 3.63) is 28.2 Å². The predicted octanol–water partition coefficient (Wildman–Crippen LogP) is 2.26. The minimum absolute atomic E-state index is 0.239. The van der Waals surface area contributed by atoms with Gasteiger partial charge in [0.25, 0.3) is 0 Å². The molecule has 1 N–H and O–H groups in total. The van der Waals surface area contributed by atoms with Crippen molar-refractivity contribution in [1.29, 1.82) is 5.26 Å². The molecular formula is C8H6Cl2N2O2S. The molecule has 0 aliphatic carbocycles. The lowest BCUT2D eigenvalue weighted by Crippen LogP contribution is -2.15. The molecule has 15 heavy (non-hydrogen) atoms. The maximum absolute atomic E-state index is 11.2. The van der Waals surface area contributed by atoms with Crippen LogP contribution < -0.4 is 4.72 Å². The van der Waals surface area contributed by atoms with Crippen LogP contribution in [0.15, 0.2) is 18.2 Å². The third-order valence-corrected chi connectivity index (χ3v) is 2.88. The van der Waals surface area contributed by atoms with E-state index >= 15 is 0 Å². The first-order chi connectivity index (χ1) is 6.93. The first kappa shape index (κ1) is 12.1. The summed E-state index contributed by atoms with van der Waals surface area (Å²) in [5, 5.41) is 8.90. The van der Waals surface area contributed by atoms with Gasteiger partial charge in [-0.05, 0) is 18.2 Å². The number of nitrogens with one attached hydrogen (secondary N) is 1. The summed E-state index contributed by atoms with van der Waals surface area (Å²) in [5.74, 6) is -0.614. The van der Waals surface area contributed by atoms with Crippen molar-refractivity contribution in [2.75, 3.05) is 10.5 Å². The van der Waals surface area contributed by atoms with Crippen molar-refractivity contribution >= 4 is 38.9 Å². The van der Waals surface area contributed by atoms with Gasteiger partial charge in [-0.2, -0.15) is 5.26 Å². The van der Waals surface area contributed by atoms with E-state index in [9.17, 15) is 8.42 Å². The third-order valence-electron chi connectivity index (χ3n) is 1.39. The van der Waals surface area contributed by atoms with Crippen molar-refractivity contribution in [2.45, 2.75) is 0 Å². The summed E-state index contributed by atoms with van der Waals surface area (Å²) in [6, 6.07) is 5.83. The summed E-state index contributed by atoms with van der Waals surface area (Å²) in [7, 11) is -3.65. The highest BCUT2D eigenvalue weighted by Crippen LogP contribution is 2.23. The van der Waals surface area contributed by atoms with Crippen LogP contribution in [0, 0.1) is 11.3 Å². The Morgan fingerprint density at radius 2 is 1.80 bits per heavy atom. The summed E-state index contributed by atoms with van der Waals surface area (Å²) in [5.41, 5.74) is 0.239. The largest absolute Gasteiger partial charge is 0.283 e. The standard InChI is InChI=1S/C8H6Cl2N2O2S/c9-6-3-7(10)5-8(4-6)12-15(13,14)2-1-11/h3-5,12H,2H2. The number of rotatable bonds is 3. The van der Waals surface area contributed by atoms with Crippen molar-refractivity contribution < 1.29 is 8.42 Å². The zero-order chi connectivity index (χ0) is 11.5. The molecule has 0 aliphatic heterocycles. The number of anilines is 1. The SMILES string of the molecule is N#CCS(=O)(=O)Nc1cc(Cl)cc(Cl)c1. The molecule has 0 unspecified atom stereocenters. The quantitative estimate of drug-likeness (QED) is 0.911. The fourth-order valence-corrected chi connectivity index (χ4v) is 2.16. The Hall–Kier alpha value is -0.960. The zero-order valence-corrected chi connectivity index (χ0v) is 9.70. The maximum Gasteiger partial charge on any atom is 0.246 e. The average molecular weight is 265 g/mol. The topological polar surface area (TPSA) is 70.0 Å². The molecule has 0 aromatic heterocycles. The molecule has 7 heteroatoms. The highest BCUT2D eigenvalue weighted by molar-refractivity contribution is 7.92. The van der Waals surface area contributed by atoms with E-state index in [1.165, 1.54) is 18.2 Å². The normalized spacial score (nSPS) is 10.7. The van der Waals surface area contributed by atoms with E-state index in [1.807, 2.05) is 0 Å². The van der Waals surface area contributed by atoms with Gasteiger partial charge >= 0.3 is 0 Å². The molecule has 0 bridgehead atoms. The second kappa shape index (κ2) is 4.71. The Morgan fingerprint density at radius 3 is 2.27 bits per heavy atom. The Balaban J connectivity index is 2.96. The van der Waals surface area contributed by atoms with Crippen LogP contribution in [0.3, 0.4) is 0 Å². The summed E-state index contributed by atoms with van der Waals surface area (Å²) in [4.78, 5) is 0. The number of sulfonamides is 1. The smallest absolute Gasteiger partial charge is 0.246 e. The molecule has 80 valence electrons. The van der Waals surface area contributed by atoms with Gasteiger partial charge in [-0.15, -0.1) is 0 Å². The molecule has 0 aliphatic rings. The van der Waals surface area contributed by atoms with Crippen molar-refractivity contribution in [2.24, 2.45) is 0 Å². The number of nitrogens with zero attached hydrogens (tertiary/aromatic N) is 1. The Bertz CT molecular complexity index is 488. The van der Waals surface area contributed by atoms with Crippen molar-refractivity contribution in [1.82, 2.24) is 0 Å². The molecule has 0 heterocycles. The van der Waals surface area contributed by atoms with Gasteiger partial charge in [-0.25, -0.2) is 8.42 Å². The van der Waals surface area contributed by atoms with Gasteiger partial charge in [0.2, 0.25) is 10.0 Å². The fourth-order valence-electron chi connectivity index (χ4n) is 0.913. The minimum Gasteiger partial charge on any atom is -0.283 e. The lowest BCUT2D eigenvalue weighted by Gasteiger charge is -2.05. The molecule has 0 atom stereocenters. The highest BCUT2D eigenvalue weighted by atomic mass is 35.5. The molecule has 0 radical (unpaired) electrons. The predicted molar refractivity (Wildman–Crippen MR) is 59.5 cm³/mol.